The Morgan fingerprint density at radius 1 is 1.45 bits per heavy atom. The van der Waals surface area contributed by atoms with Gasteiger partial charge in [0.1, 0.15) is 0 Å². The van der Waals surface area contributed by atoms with E-state index in [-0.39, 0.29) is 6.10 Å². The first-order chi connectivity index (χ1) is 5.26. The van der Waals surface area contributed by atoms with Crippen LogP contribution in [0, 0.1) is 5.92 Å². The Kier molecular flexibility index (Phi) is 5.91. The molecule has 0 aliphatic rings. The molecule has 0 heterocycles. The van der Waals surface area contributed by atoms with Gasteiger partial charge in [0, 0.05) is 0 Å². The van der Waals surface area contributed by atoms with Crippen molar-refractivity contribution in [1.82, 2.24) is 0 Å². The molecule has 0 aliphatic carbocycles. The molecule has 0 saturated heterocycles. The molecule has 0 aromatic carbocycles. The van der Waals surface area contributed by atoms with E-state index in [1.165, 1.54) is 0 Å². The van der Waals surface area contributed by atoms with Crippen LogP contribution in [0.3, 0.4) is 0 Å². The van der Waals surface area contributed by atoms with Gasteiger partial charge in [-0.15, -0.1) is 5.73 Å². The van der Waals surface area contributed by atoms with E-state index in [9.17, 15) is 5.11 Å². The molecular weight excluding hydrogens is 136 g/mol. The molecule has 0 radical (unpaired) electrons. The van der Waals surface area contributed by atoms with Crippen LogP contribution >= 0.6 is 0 Å². The molecule has 1 heteroatoms. The van der Waals surface area contributed by atoms with E-state index in [1.807, 2.05) is 0 Å². The van der Waals surface area contributed by atoms with Crippen LogP contribution in [0.2, 0.25) is 0 Å². The summed E-state index contributed by atoms with van der Waals surface area (Å²) in [7, 11) is 0. The predicted octanol–water partition coefficient (Wildman–Crippen LogP) is 2.51. The lowest BCUT2D eigenvalue weighted by Crippen LogP contribution is -2.17. The van der Waals surface area contributed by atoms with Gasteiger partial charge in [0.15, 0.2) is 0 Å². The molecule has 1 nitrogen and oxygen atoms in total. The first-order valence-electron chi connectivity index (χ1n) is 4.28. The largest absolute Gasteiger partial charge is 0.392 e. The Morgan fingerprint density at radius 2 is 2.00 bits per heavy atom. The Balaban J connectivity index is 3.77. The average molecular weight is 154 g/mol. The van der Waals surface area contributed by atoms with Crippen molar-refractivity contribution in [3.63, 3.8) is 0 Å². The van der Waals surface area contributed by atoms with Crippen LogP contribution in [0.1, 0.15) is 33.1 Å². The maximum Gasteiger partial charge on any atom is 0.0608 e. The van der Waals surface area contributed by atoms with Crippen LogP contribution in [0.25, 0.3) is 0 Å². The van der Waals surface area contributed by atoms with Crippen LogP contribution in [0.4, 0.5) is 0 Å². The lowest BCUT2D eigenvalue weighted by atomic mass is 9.94. The number of hydrogen-bond donors (Lipinski definition) is 1. The third-order valence-corrected chi connectivity index (χ3v) is 2.10. The molecule has 0 aliphatic heterocycles. The maximum atomic E-state index is 9.54. The normalized spacial score (nSPS) is 12.7. The smallest absolute Gasteiger partial charge is 0.0608 e. The van der Waals surface area contributed by atoms with Gasteiger partial charge < -0.3 is 5.11 Å². The summed E-state index contributed by atoms with van der Waals surface area (Å²) in [6, 6.07) is 0. The second kappa shape index (κ2) is 6.21. The molecule has 0 saturated carbocycles. The first-order valence-corrected chi connectivity index (χ1v) is 4.28. The summed E-state index contributed by atoms with van der Waals surface area (Å²) in [4.78, 5) is 0. The zero-order chi connectivity index (χ0) is 8.69. The molecule has 64 valence electrons. The monoisotopic (exact) mass is 154 g/mol. The highest BCUT2D eigenvalue weighted by Crippen LogP contribution is 2.15. The van der Waals surface area contributed by atoms with Crippen molar-refractivity contribution < 1.29 is 5.11 Å². The Morgan fingerprint density at radius 3 is 2.36 bits per heavy atom. The molecule has 0 aromatic heterocycles. The van der Waals surface area contributed by atoms with E-state index < -0.39 is 0 Å². The number of rotatable bonds is 5. The summed E-state index contributed by atoms with van der Waals surface area (Å²) in [5, 5.41) is 9.54. The fourth-order valence-electron chi connectivity index (χ4n) is 1.23. The number of aliphatic hydroxyl groups is 1. The summed E-state index contributed by atoms with van der Waals surface area (Å²) in [5.41, 5.74) is 2.67. The molecule has 1 N–H and O–H groups in total. The van der Waals surface area contributed by atoms with Gasteiger partial charge in [-0.05, 0) is 18.4 Å². The van der Waals surface area contributed by atoms with Crippen molar-refractivity contribution in [2.24, 2.45) is 5.92 Å². The highest BCUT2D eigenvalue weighted by atomic mass is 16.3. The van der Waals surface area contributed by atoms with Crippen LogP contribution in [-0.2, 0) is 0 Å². The molecule has 0 fully saturated rings. The third kappa shape index (κ3) is 4.02. The maximum absolute atomic E-state index is 9.54. The lowest BCUT2D eigenvalue weighted by Gasteiger charge is -2.17. The molecule has 0 aromatic rings. The minimum atomic E-state index is -0.209. The standard InChI is InChI=1S/C10H18O/c1-4-7-8-10(11)9(5-2)6-3/h7,9-11H,1,5-6,8H2,2-3H3. The van der Waals surface area contributed by atoms with Crippen molar-refractivity contribution >= 4 is 0 Å². The third-order valence-electron chi connectivity index (χ3n) is 2.10. The minimum absolute atomic E-state index is 0.209. The number of hydrogen-bond acceptors (Lipinski definition) is 1. The molecule has 0 amide bonds. The lowest BCUT2D eigenvalue weighted by molar-refractivity contribution is 0.105. The van der Waals surface area contributed by atoms with E-state index in [0.717, 1.165) is 12.8 Å². The van der Waals surface area contributed by atoms with Crippen LogP contribution < -0.4 is 0 Å². The van der Waals surface area contributed by atoms with Gasteiger partial charge in [-0.3, -0.25) is 0 Å². The quantitative estimate of drug-likeness (QED) is 0.603. The van der Waals surface area contributed by atoms with Gasteiger partial charge in [-0.1, -0.05) is 33.3 Å². The molecule has 1 atom stereocenters. The van der Waals surface area contributed by atoms with E-state index in [1.54, 1.807) is 6.08 Å². The molecule has 0 spiro atoms. The van der Waals surface area contributed by atoms with Gasteiger partial charge in [-0.25, -0.2) is 0 Å². The predicted molar refractivity (Wildman–Crippen MR) is 48.4 cm³/mol. The fourth-order valence-corrected chi connectivity index (χ4v) is 1.23. The summed E-state index contributed by atoms with van der Waals surface area (Å²) in [5.74, 6) is 0.430. The Bertz CT molecular complexity index is 130. The van der Waals surface area contributed by atoms with Crippen molar-refractivity contribution in [3.8, 4) is 0 Å². The van der Waals surface area contributed by atoms with Crippen molar-refractivity contribution in [1.29, 1.82) is 0 Å². The van der Waals surface area contributed by atoms with E-state index in [0.29, 0.717) is 12.3 Å². The van der Waals surface area contributed by atoms with Crippen LogP contribution in [-0.4, -0.2) is 11.2 Å². The summed E-state index contributed by atoms with van der Waals surface area (Å²) in [6.45, 7) is 7.66. The Labute approximate surface area is 69.4 Å². The van der Waals surface area contributed by atoms with Crippen LogP contribution in [0.5, 0.6) is 0 Å². The minimum Gasteiger partial charge on any atom is -0.392 e. The SMILES string of the molecule is C=C=CCC(O)C(CC)CC. The van der Waals surface area contributed by atoms with Crippen molar-refractivity contribution in [3.05, 3.63) is 18.4 Å². The molecule has 11 heavy (non-hydrogen) atoms. The van der Waals surface area contributed by atoms with E-state index in [2.05, 4.69) is 26.2 Å². The van der Waals surface area contributed by atoms with E-state index in [4.69, 9.17) is 0 Å². The highest BCUT2D eigenvalue weighted by Gasteiger charge is 2.12. The summed E-state index contributed by atoms with van der Waals surface area (Å²) in [6.07, 6.45) is 4.36. The number of aliphatic hydroxyl groups excluding tert-OH is 1. The summed E-state index contributed by atoms with van der Waals surface area (Å²) >= 11 is 0. The van der Waals surface area contributed by atoms with Crippen LogP contribution in [0.15, 0.2) is 18.4 Å². The van der Waals surface area contributed by atoms with E-state index >= 15 is 0 Å². The van der Waals surface area contributed by atoms with Gasteiger partial charge in [0.05, 0.1) is 6.10 Å². The second-order valence-corrected chi connectivity index (χ2v) is 2.79. The zero-order valence-electron chi connectivity index (χ0n) is 7.51. The molecule has 0 bridgehead atoms. The molecular formula is C10H18O. The average Bonchev–Trinajstić information content (AvgIpc) is 2.03. The van der Waals surface area contributed by atoms with Crippen molar-refractivity contribution in [2.45, 2.75) is 39.2 Å². The van der Waals surface area contributed by atoms with Crippen molar-refractivity contribution in [2.75, 3.05) is 0 Å². The first kappa shape index (κ1) is 10.5. The zero-order valence-corrected chi connectivity index (χ0v) is 7.51. The van der Waals surface area contributed by atoms with Gasteiger partial charge >= 0.3 is 0 Å². The Hall–Kier alpha value is -0.520. The van der Waals surface area contributed by atoms with Gasteiger partial charge in [-0.2, -0.15) is 0 Å². The topological polar surface area (TPSA) is 20.2 Å². The second-order valence-electron chi connectivity index (χ2n) is 2.79. The summed E-state index contributed by atoms with van der Waals surface area (Å²) < 4.78 is 0. The molecule has 0 rings (SSSR count). The molecule has 1 unspecified atom stereocenters. The van der Waals surface area contributed by atoms with Gasteiger partial charge in [0.25, 0.3) is 0 Å². The van der Waals surface area contributed by atoms with Gasteiger partial charge in [0.2, 0.25) is 0 Å². The highest BCUT2D eigenvalue weighted by molar-refractivity contribution is 4.81. The fraction of sp³-hybridized carbons (Fsp3) is 0.700.